The van der Waals surface area contributed by atoms with Gasteiger partial charge in [0.05, 0.1) is 0 Å². The molecule has 0 saturated carbocycles. The summed E-state index contributed by atoms with van der Waals surface area (Å²) in [7, 11) is 0. The maximum atomic E-state index is 3.62. The monoisotopic (exact) mass is 384 g/mol. The molecule has 0 heterocycles. The molecule has 120 valence electrons. The van der Waals surface area contributed by atoms with Gasteiger partial charge in [0.15, 0.2) is 0 Å². The molecule has 25 heavy (non-hydrogen) atoms. The fourth-order valence-corrected chi connectivity index (χ4v) is 3.48. The lowest BCUT2D eigenvalue weighted by molar-refractivity contribution is 1.55. The van der Waals surface area contributed by atoms with Gasteiger partial charge in [-0.05, 0) is 51.6 Å². The molecule has 0 saturated heterocycles. The third-order valence-corrected chi connectivity index (χ3v) is 4.84. The van der Waals surface area contributed by atoms with E-state index in [9.17, 15) is 0 Å². The van der Waals surface area contributed by atoms with Crippen LogP contribution in [0, 0.1) is 0 Å². The van der Waals surface area contributed by atoms with Gasteiger partial charge < -0.3 is 0 Å². The van der Waals surface area contributed by atoms with Crippen molar-refractivity contribution in [2.24, 2.45) is 0 Å². The van der Waals surface area contributed by atoms with Crippen molar-refractivity contribution < 1.29 is 0 Å². The molecule has 0 amide bonds. The van der Waals surface area contributed by atoms with Gasteiger partial charge in [0.2, 0.25) is 0 Å². The average molecular weight is 385 g/mol. The molecule has 4 rings (SSSR count). The quantitative estimate of drug-likeness (QED) is 0.344. The van der Waals surface area contributed by atoms with Crippen LogP contribution in [0.15, 0.2) is 108 Å². The number of hydrogen-bond acceptors (Lipinski definition) is 0. The number of halogens is 1. The Kier molecular flexibility index (Phi) is 4.49. The SMILES string of the molecule is Brc1ccc(-c2cccc(-c3ccccc3)c2)c(-c2ccccc2)c1. The second kappa shape index (κ2) is 7.08. The van der Waals surface area contributed by atoms with E-state index in [1.54, 1.807) is 0 Å². The standard InChI is InChI=1S/C24H17Br/c25-22-14-15-23(24(17-22)19-10-5-2-6-11-19)21-13-7-12-20(16-21)18-8-3-1-4-9-18/h1-17H. The maximum Gasteiger partial charge on any atom is 0.0181 e. The molecular formula is C24H17Br. The molecule has 0 spiro atoms. The predicted molar refractivity (Wildman–Crippen MR) is 110 cm³/mol. The highest BCUT2D eigenvalue weighted by atomic mass is 79.9. The van der Waals surface area contributed by atoms with Gasteiger partial charge in [-0.3, -0.25) is 0 Å². The molecule has 0 aliphatic carbocycles. The molecule has 0 aromatic heterocycles. The Labute approximate surface area is 156 Å². The summed E-state index contributed by atoms with van der Waals surface area (Å²) < 4.78 is 1.09. The van der Waals surface area contributed by atoms with Crippen molar-refractivity contribution in [3.05, 3.63) is 108 Å². The summed E-state index contributed by atoms with van der Waals surface area (Å²) in [6.45, 7) is 0. The first-order chi connectivity index (χ1) is 12.3. The number of hydrogen-bond donors (Lipinski definition) is 0. The Morgan fingerprint density at radius 2 is 1.00 bits per heavy atom. The van der Waals surface area contributed by atoms with E-state index in [-0.39, 0.29) is 0 Å². The van der Waals surface area contributed by atoms with E-state index in [1.165, 1.54) is 33.4 Å². The van der Waals surface area contributed by atoms with Crippen molar-refractivity contribution in [2.75, 3.05) is 0 Å². The van der Waals surface area contributed by atoms with Crippen molar-refractivity contribution in [1.82, 2.24) is 0 Å². The lowest BCUT2D eigenvalue weighted by Crippen LogP contribution is -1.87. The minimum absolute atomic E-state index is 1.09. The van der Waals surface area contributed by atoms with Gasteiger partial charge in [-0.25, -0.2) is 0 Å². The lowest BCUT2D eigenvalue weighted by atomic mass is 9.93. The Balaban J connectivity index is 1.86. The van der Waals surface area contributed by atoms with Gasteiger partial charge in [0.1, 0.15) is 0 Å². The van der Waals surface area contributed by atoms with Crippen LogP contribution in [0.3, 0.4) is 0 Å². The molecule has 1 heteroatoms. The smallest absolute Gasteiger partial charge is 0.0181 e. The Bertz CT molecular complexity index is 989. The second-order valence-corrected chi connectivity index (χ2v) is 6.92. The van der Waals surface area contributed by atoms with Crippen LogP contribution >= 0.6 is 15.9 Å². The highest BCUT2D eigenvalue weighted by molar-refractivity contribution is 9.10. The second-order valence-electron chi connectivity index (χ2n) is 6.00. The minimum Gasteiger partial charge on any atom is -0.0622 e. The van der Waals surface area contributed by atoms with Crippen LogP contribution in [0.2, 0.25) is 0 Å². The van der Waals surface area contributed by atoms with Gasteiger partial charge in [-0.2, -0.15) is 0 Å². The zero-order chi connectivity index (χ0) is 17.1. The zero-order valence-electron chi connectivity index (χ0n) is 13.7. The van der Waals surface area contributed by atoms with E-state index < -0.39 is 0 Å². The van der Waals surface area contributed by atoms with Gasteiger partial charge in [-0.1, -0.05) is 101 Å². The first kappa shape index (κ1) is 15.9. The first-order valence-corrected chi connectivity index (χ1v) is 9.11. The summed E-state index contributed by atoms with van der Waals surface area (Å²) in [6, 6.07) is 36.3. The van der Waals surface area contributed by atoms with Crippen LogP contribution in [0.25, 0.3) is 33.4 Å². The van der Waals surface area contributed by atoms with Crippen LogP contribution in [0.4, 0.5) is 0 Å². The zero-order valence-corrected chi connectivity index (χ0v) is 15.3. The molecule has 0 aliphatic rings. The molecule has 0 bridgehead atoms. The van der Waals surface area contributed by atoms with E-state index in [1.807, 2.05) is 0 Å². The highest BCUT2D eigenvalue weighted by Gasteiger charge is 2.09. The molecule has 0 unspecified atom stereocenters. The normalized spacial score (nSPS) is 10.6. The van der Waals surface area contributed by atoms with Crippen molar-refractivity contribution in [3.63, 3.8) is 0 Å². The molecule has 4 aromatic carbocycles. The van der Waals surface area contributed by atoms with Crippen molar-refractivity contribution in [2.45, 2.75) is 0 Å². The third kappa shape index (κ3) is 3.42. The topological polar surface area (TPSA) is 0 Å². The van der Waals surface area contributed by atoms with Gasteiger partial charge >= 0.3 is 0 Å². The highest BCUT2D eigenvalue weighted by Crippen LogP contribution is 2.35. The van der Waals surface area contributed by atoms with E-state index in [2.05, 4.69) is 119 Å². The van der Waals surface area contributed by atoms with E-state index in [0.717, 1.165) is 4.47 Å². The van der Waals surface area contributed by atoms with E-state index in [4.69, 9.17) is 0 Å². The van der Waals surface area contributed by atoms with Crippen molar-refractivity contribution in [3.8, 4) is 33.4 Å². The molecule has 0 N–H and O–H groups in total. The fraction of sp³-hybridized carbons (Fsp3) is 0. The van der Waals surface area contributed by atoms with E-state index >= 15 is 0 Å². The Morgan fingerprint density at radius 1 is 0.400 bits per heavy atom. The molecule has 4 aromatic rings. The summed E-state index contributed by atoms with van der Waals surface area (Å²) in [5.41, 5.74) is 7.41. The van der Waals surface area contributed by atoms with Crippen LogP contribution < -0.4 is 0 Å². The number of benzene rings is 4. The van der Waals surface area contributed by atoms with Crippen LogP contribution in [0.5, 0.6) is 0 Å². The lowest BCUT2D eigenvalue weighted by Gasteiger charge is -2.12. The molecule has 0 aliphatic heterocycles. The molecule has 0 fully saturated rings. The summed E-state index contributed by atoms with van der Waals surface area (Å²) >= 11 is 3.62. The van der Waals surface area contributed by atoms with Crippen LogP contribution in [-0.2, 0) is 0 Å². The maximum absolute atomic E-state index is 3.62. The third-order valence-electron chi connectivity index (χ3n) is 4.35. The average Bonchev–Trinajstić information content (AvgIpc) is 2.69. The summed E-state index contributed by atoms with van der Waals surface area (Å²) in [5, 5.41) is 0. The van der Waals surface area contributed by atoms with Crippen LogP contribution in [-0.4, -0.2) is 0 Å². The number of rotatable bonds is 3. The minimum atomic E-state index is 1.09. The predicted octanol–water partition coefficient (Wildman–Crippen LogP) is 7.45. The van der Waals surface area contributed by atoms with Gasteiger partial charge in [0.25, 0.3) is 0 Å². The molecule has 0 atom stereocenters. The fourth-order valence-electron chi connectivity index (χ4n) is 3.12. The van der Waals surface area contributed by atoms with Gasteiger partial charge in [0, 0.05) is 4.47 Å². The molecule has 0 nitrogen and oxygen atoms in total. The Hall–Kier alpha value is -2.64. The first-order valence-electron chi connectivity index (χ1n) is 8.32. The van der Waals surface area contributed by atoms with Crippen molar-refractivity contribution in [1.29, 1.82) is 0 Å². The van der Waals surface area contributed by atoms with E-state index in [0.29, 0.717) is 0 Å². The summed E-state index contributed by atoms with van der Waals surface area (Å²) in [6.07, 6.45) is 0. The summed E-state index contributed by atoms with van der Waals surface area (Å²) in [5.74, 6) is 0. The van der Waals surface area contributed by atoms with Gasteiger partial charge in [-0.15, -0.1) is 0 Å². The van der Waals surface area contributed by atoms with Crippen LogP contribution in [0.1, 0.15) is 0 Å². The molecule has 0 radical (unpaired) electrons. The summed E-state index contributed by atoms with van der Waals surface area (Å²) in [4.78, 5) is 0. The Morgan fingerprint density at radius 3 is 1.72 bits per heavy atom. The van der Waals surface area contributed by atoms with Crippen molar-refractivity contribution >= 4 is 15.9 Å². The largest absolute Gasteiger partial charge is 0.0622 e. The molecular weight excluding hydrogens is 368 g/mol.